The number of ether oxygens (including phenoxy) is 1. The van der Waals surface area contributed by atoms with Crippen molar-refractivity contribution < 1.29 is 40.7 Å². The zero-order valence-corrected chi connectivity index (χ0v) is 19.2. The van der Waals surface area contributed by atoms with E-state index in [0.29, 0.717) is 11.0 Å². The van der Waals surface area contributed by atoms with Crippen LogP contribution in [0.4, 0.5) is 32.0 Å². The van der Waals surface area contributed by atoms with Crippen LogP contribution in [0.25, 0.3) is 0 Å². The average Bonchev–Trinajstić information content (AvgIpc) is 3.34. The molecule has 2 aromatic rings. The molecule has 1 aromatic heterocycles. The number of thiazole rings is 1. The molecule has 188 valence electrons. The van der Waals surface area contributed by atoms with Gasteiger partial charge in [0.1, 0.15) is 24.0 Å². The minimum absolute atomic E-state index is 0.109. The third kappa shape index (κ3) is 6.25. The molecule has 1 fully saturated rings. The van der Waals surface area contributed by atoms with Gasteiger partial charge in [0.05, 0.1) is 11.7 Å². The highest BCUT2D eigenvalue weighted by Gasteiger charge is 2.44. The number of likely N-dealkylation sites (tertiary alicyclic amines) is 1. The van der Waals surface area contributed by atoms with E-state index in [1.165, 1.54) is 5.38 Å². The summed E-state index contributed by atoms with van der Waals surface area (Å²) in [6, 6.07) is 1.01. The second-order valence-electron chi connectivity index (χ2n) is 7.92. The van der Waals surface area contributed by atoms with E-state index in [4.69, 9.17) is 11.2 Å². The van der Waals surface area contributed by atoms with Crippen LogP contribution >= 0.6 is 11.3 Å². The van der Waals surface area contributed by atoms with E-state index < -0.39 is 48.4 Å². The predicted octanol–water partition coefficient (Wildman–Crippen LogP) is 4.74. The van der Waals surface area contributed by atoms with Gasteiger partial charge in [0.15, 0.2) is 5.01 Å². The number of carbonyl (C=O) groups excluding carboxylic acids is 2. The van der Waals surface area contributed by atoms with Crippen LogP contribution in [0.3, 0.4) is 0 Å². The fourth-order valence-electron chi connectivity index (χ4n) is 3.56. The Morgan fingerprint density at radius 3 is 2.51 bits per heavy atom. The van der Waals surface area contributed by atoms with Crippen molar-refractivity contribution in [2.45, 2.75) is 44.8 Å². The third-order valence-corrected chi connectivity index (χ3v) is 5.66. The first-order valence-electron chi connectivity index (χ1n) is 10.2. The summed E-state index contributed by atoms with van der Waals surface area (Å²) in [5, 5.41) is 1.37. The van der Waals surface area contributed by atoms with E-state index in [-0.39, 0.29) is 35.1 Å². The molecule has 2 amide bonds. The number of hydrogen-bond acceptors (Lipinski definition) is 5. The SMILES string of the molecule is C#Cc1nc(C(=O)N(c2cc(OC(C)C)cc(C(F)(F)F)c2)C2CCN(CC(F)(F)F)C2=O)cs1. The smallest absolute Gasteiger partial charge is 0.416 e. The molecule has 13 heteroatoms. The lowest BCUT2D eigenvalue weighted by atomic mass is 10.1. The van der Waals surface area contributed by atoms with Gasteiger partial charge in [-0.3, -0.25) is 14.5 Å². The van der Waals surface area contributed by atoms with Crippen LogP contribution in [0.1, 0.15) is 41.3 Å². The van der Waals surface area contributed by atoms with E-state index in [1.807, 2.05) is 0 Å². The van der Waals surface area contributed by atoms with Crippen molar-refractivity contribution in [2.24, 2.45) is 0 Å². The van der Waals surface area contributed by atoms with Crippen molar-refractivity contribution in [2.75, 3.05) is 18.0 Å². The number of benzene rings is 1. The number of halogens is 6. The molecule has 1 aliphatic rings. The highest BCUT2D eigenvalue weighted by molar-refractivity contribution is 7.10. The van der Waals surface area contributed by atoms with Crippen molar-refractivity contribution in [1.29, 1.82) is 0 Å². The number of carbonyl (C=O) groups is 2. The number of nitrogens with zero attached hydrogens (tertiary/aromatic N) is 3. The lowest BCUT2D eigenvalue weighted by molar-refractivity contribution is -0.157. The molecule has 0 bridgehead atoms. The molecule has 1 saturated heterocycles. The Labute approximate surface area is 200 Å². The Morgan fingerprint density at radius 2 is 1.97 bits per heavy atom. The molecule has 1 aliphatic heterocycles. The van der Waals surface area contributed by atoms with E-state index in [9.17, 15) is 35.9 Å². The van der Waals surface area contributed by atoms with Crippen LogP contribution in [-0.4, -0.2) is 53.1 Å². The molecule has 1 atom stereocenters. The molecule has 0 aliphatic carbocycles. The molecule has 0 saturated carbocycles. The van der Waals surface area contributed by atoms with Gasteiger partial charge >= 0.3 is 12.4 Å². The standard InChI is InChI=1S/C22H19F6N3O3S/c1-4-18-29-16(10-35-18)19(32)31(17-5-6-30(20(17)33)11-21(23,24)25)14-7-13(22(26,27)28)8-15(9-14)34-12(2)3/h1,7-10,12,17H,5-6,11H2,2-3H3. The van der Waals surface area contributed by atoms with Crippen LogP contribution in [0, 0.1) is 12.3 Å². The summed E-state index contributed by atoms with van der Waals surface area (Å²) in [5.41, 5.74) is -1.79. The Bertz CT molecular complexity index is 1150. The van der Waals surface area contributed by atoms with Gasteiger partial charge in [0.25, 0.3) is 5.91 Å². The predicted molar refractivity (Wildman–Crippen MR) is 115 cm³/mol. The van der Waals surface area contributed by atoms with Gasteiger partial charge in [-0.25, -0.2) is 4.98 Å². The molecule has 0 N–H and O–H groups in total. The second-order valence-corrected chi connectivity index (χ2v) is 8.77. The maximum absolute atomic E-state index is 13.6. The van der Waals surface area contributed by atoms with Gasteiger partial charge in [-0.1, -0.05) is 0 Å². The summed E-state index contributed by atoms with van der Waals surface area (Å²) >= 11 is 0.918. The Balaban J connectivity index is 2.12. The fraction of sp³-hybridized carbons (Fsp3) is 0.409. The molecular weight excluding hydrogens is 500 g/mol. The normalized spacial score (nSPS) is 16.5. The molecule has 0 spiro atoms. The Kier molecular flexibility index (Phi) is 7.35. The highest BCUT2D eigenvalue weighted by atomic mass is 32.1. The van der Waals surface area contributed by atoms with E-state index in [2.05, 4.69) is 10.9 Å². The largest absolute Gasteiger partial charge is 0.491 e. The fourth-order valence-corrected chi connectivity index (χ4v) is 4.16. The number of alkyl halides is 6. The van der Waals surface area contributed by atoms with Crippen LogP contribution in [-0.2, 0) is 11.0 Å². The van der Waals surface area contributed by atoms with Gasteiger partial charge in [-0.2, -0.15) is 26.3 Å². The Morgan fingerprint density at radius 1 is 1.29 bits per heavy atom. The number of hydrogen-bond donors (Lipinski definition) is 0. The number of aromatic nitrogens is 1. The Hall–Kier alpha value is -3.27. The summed E-state index contributed by atoms with van der Waals surface area (Å²) in [7, 11) is 0. The average molecular weight is 519 g/mol. The lowest BCUT2D eigenvalue weighted by Crippen LogP contribution is -2.47. The van der Waals surface area contributed by atoms with Crippen molar-refractivity contribution in [3.63, 3.8) is 0 Å². The van der Waals surface area contributed by atoms with Gasteiger partial charge in [-0.05, 0) is 38.3 Å². The minimum Gasteiger partial charge on any atom is -0.491 e. The molecule has 0 radical (unpaired) electrons. The summed E-state index contributed by atoms with van der Waals surface area (Å²) in [6.07, 6.45) is -5.01. The van der Waals surface area contributed by atoms with Crippen molar-refractivity contribution >= 4 is 28.8 Å². The van der Waals surface area contributed by atoms with E-state index in [1.54, 1.807) is 13.8 Å². The van der Waals surface area contributed by atoms with Gasteiger partial charge in [0, 0.05) is 23.7 Å². The quantitative estimate of drug-likeness (QED) is 0.409. The summed E-state index contributed by atoms with van der Waals surface area (Å²) in [4.78, 5) is 31.4. The molecule has 2 heterocycles. The van der Waals surface area contributed by atoms with Gasteiger partial charge in [0.2, 0.25) is 5.91 Å². The first-order chi connectivity index (χ1) is 16.2. The van der Waals surface area contributed by atoms with Crippen LogP contribution in [0.15, 0.2) is 23.6 Å². The molecule has 1 unspecified atom stereocenters. The van der Waals surface area contributed by atoms with E-state index >= 15 is 0 Å². The molecule has 6 nitrogen and oxygen atoms in total. The van der Waals surface area contributed by atoms with Crippen LogP contribution in [0.2, 0.25) is 0 Å². The number of terminal acetylenes is 1. The zero-order chi connectivity index (χ0) is 26.1. The van der Waals surface area contributed by atoms with Crippen LogP contribution in [0.5, 0.6) is 5.75 Å². The summed E-state index contributed by atoms with van der Waals surface area (Å²) in [6.45, 7) is 1.27. The van der Waals surface area contributed by atoms with E-state index in [0.717, 1.165) is 28.4 Å². The van der Waals surface area contributed by atoms with Crippen molar-refractivity contribution in [3.8, 4) is 18.1 Å². The topological polar surface area (TPSA) is 62.7 Å². The first kappa shape index (κ1) is 26.3. The molecule has 3 rings (SSSR count). The zero-order valence-electron chi connectivity index (χ0n) is 18.4. The maximum atomic E-state index is 13.6. The highest BCUT2D eigenvalue weighted by Crippen LogP contribution is 2.38. The van der Waals surface area contributed by atoms with Crippen molar-refractivity contribution in [3.05, 3.63) is 39.8 Å². The van der Waals surface area contributed by atoms with Crippen molar-refractivity contribution in [1.82, 2.24) is 9.88 Å². The molecule has 35 heavy (non-hydrogen) atoms. The molecule has 1 aromatic carbocycles. The van der Waals surface area contributed by atoms with Gasteiger partial charge < -0.3 is 9.64 Å². The number of rotatable bonds is 6. The van der Waals surface area contributed by atoms with Gasteiger partial charge in [-0.15, -0.1) is 17.8 Å². The number of amides is 2. The lowest BCUT2D eigenvalue weighted by Gasteiger charge is -2.29. The number of anilines is 1. The summed E-state index contributed by atoms with van der Waals surface area (Å²) in [5.74, 6) is -0.0449. The minimum atomic E-state index is -4.83. The van der Waals surface area contributed by atoms with Crippen LogP contribution < -0.4 is 9.64 Å². The summed E-state index contributed by atoms with van der Waals surface area (Å²) < 4.78 is 85.0. The first-order valence-corrected chi connectivity index (χ1v) is 11.1. The second kappa shape index (κ2) is 9.77. The third-order valence-electron chi connectivity index (χ3n) is 4.89. The maximum Gasteiger partial charge on any atom is 0.416 e. The molecular formula is C22H19F6N3O3S. The monoisotopic (exact) mass is 519 g/mol.